The Bertz CT molecular complexity index is 542. The van der Waals surface area contributed by atoms with E-state index in [1.54, 1.807) is 30.1 Å². The highest BCUT2D eigenvalue weighted by Gasteiger charge is 2.20. The number of carbonyl (C=O) groups is 2. The van der Waals surface area contributed by atoms with Gasteiger partial charge in [-0.15, -0.1) is 0 Å². The Morgan fingerprint density at radius 1 is 1.14 bits per heavy atom. The fourth-order valence-electron chi connectivity index (χ4n) is 2.03. The van der Waals surface area contributed by atoms with Crippen LogP contribution >= 0.6 is 11.6 Å². The van der Waals surface area contributed by atoms with Crippen LogP contribution in [0.25, 0.3) is 0 Å². The molecule has 1 fully saturated rings. The van der Waals surface area contributed by atoms with Crippen LogP contribution in [0.3, 0.4) is 0 Å². The van der Waals surface area contributed by atoms with Gasteiger partial charge in [0.15, 0.2) is 0 Å². The van der Waals surface area contributed by atoms with Crippen molar-refractivity contribution in [2.45, 2.75) is 6.92 Å². The van der Waals surface area contributed by atoms with E-state index < -0.39 is 11.8 Å². The number of halogens is 1. The molecule has 0 atom stereocenters. The molecular formula is C14H19ClN4O2. The first kappa shape index (κ1) is 15.8. The van der Waals surface area contributed by atoms with Gasteiger partial charge in [-0.3, -0.25) is 15.0 Å². The number of hydrogen-bond donors (Lipinski definition) is 2. The number of hydrazine groups is 1. The first-order valence-electron chi connectivity index (χ1n) is 6.78. The van der Waals surface area contributed by atoms with Gasteiger partial charge in [-0.1, -0.05) is 17.7 Å². The van der Waals surface area contributed by atoms with Crippen molar-refractivity contribution in [2.75, 3.05) is 38.5 Å². The fraction of sp³-hybridized carbons (Fsp3) is 0.429. The molecule has 0 spiro atoms. The quantitative estimate of drug-likeness (QED) is 0.796. The fourth-order valence-corrected chi connectivity index (χ4v) is 2.21. The Labute approximate surface area is 129 Å². The van der Waals surface area contributed by atoms with Crippen LogP contribution in [0.1, 0.15) is 5.56 Å². The van der Waals surface area contributed by atoms with E-state index in [9.17, 15) is 9.59 Å². The predicted molar refractivity (Wildman–Crippen MR) is 82.0 cm³/mol. The second-order valence-corrected chi connectivity index (χ2v) is 5.50. The molecule has 0 bridgehead atoms. The van der Waals surface area contributed by atoms with Crippen molar-refractivity contribution in [1.29, 1.82) is 0 Å². The number of anilines is 1. The van der Waals surface area contributed by atoms with Gasteiger partial charge in [-0.2, -0.15) is 0 Å². The number of benzene rings is 1. The van der Waals surface area contributed by atoms with E-state index in [0.29, 0.717) is 23.8 Å². The standard InChI is InChI=1S/C14H19ClN4O2/c1-10-11(15)4-3-5-12(10)16-13(20)14(21)17-19-8-6-18(2)7-9-19/h3-5H,6-9H2,1-2H3,(H,16,20)(H,17,21). The summed E-state index contributed by atoms with van der Waals surface area (Å²) in [5.74, 6) is -1.36. The van der Waals surface area contributed by atoms with Gasteiger partial charge in [0, 0.05) is 36.9 Å². The minimum absolute atomic E-state index is 0.543. The molecule has 7 heteroatoms. The molecule has 2 rings (SSSR count). The van der Waals surface area contributed by atoms with E-state index >= 15 is 0 Å². The monoisotopic (exact) mass is 310 g/mol. The van der Waals surface area contributed by atoms with Gasteiger partial charge in [-0.05, 0) is 31.7 Å². The van der Waals surface area contributed by atoms with Crippen molar-refractivity contribution in [2.24, 2.45) is 0 Å². The summed E-state index contributed by atoms with van der Waals surface area (Å²) >= 11 is 5.98. The number of nitrogens with zero attached hydrogens (tertiary/aromatic N) is 2. The highest BCUT2D eigenvalue weighted by atomic mass is 35.5. The maximum atomic E-state index is 11.9. The third-order valence-electron chi connectivity index (χ3n) is 3.49. The van der Waals surface area contributed by atoms with Crippen LogP contribution in [0, 0.1) is 6.92 Å². The van der Waals surface area contributed by atoms with Crippen molar-refractivity contribution >= 4 is 29.1 Å². The van der Waals surface area contributed by atoms with Gasteiger partial charge < -0.3 is 10.2 Å². The molecule has 2 amide bonds. The van der Waals surface area contributed by atoms with Crippen molar-refractivity contribution in [1.82, 2.24) is 15.3 Å². The summed E-state index contributed by atoms with van der Waals surface area (Å²) in [6.45, 7) is 4.90. The third kappa shape index (κ3) is 4.17. The van der Waals surface area contributed by atoms with Crippen LogP contribution in [-0.2, 0) is 9.59 Å². The zero-order valence-electron chi connectivity index (χ0n) is 12.1. The number of amides is 2. The summed E-state index contributed by atoms with van der Waals surface area (Å²) < 4.78 is 0. The maximum absolute atomic E-state index is 11.9. The highest BCUT2D eigenvalue weighted by Crippen LogP contribution is 2.22. The molecule has 21 heavy (non-hydrogen) atoms. The zero-order valence-corrected chi connectivity index (χ0v) is 12.9. The molecular weight excluding hydrogens is 292 g/mol. The first-order valence-corrected chi connectivity index (χ1v) is 7.15. The van der Waals surface area contributed by atoms with E-state index in [4.69, 9.17) is 11.6 Å². The zero-order chi connectivity index (χ0) is 15.4. The minimum atomic E-state index is -0.695. The maximum Gasteiger partial charge on any atom is 0.323 e. The van der Waals surface area contributed by atoms with Crippen LogP contribution < -0.4 is 10.7 Å². The van der Waals surface area contributed by atoms with Crippen molar-refractivity contribution in [3.05, 3.63) is 28.8 Å². The number of likely N-dealkylation sites (N-methyl/N-ethyl adjacent to an activating group) is 1. The summed E-state index contributed by atoms with van der Waals surface area (Å²) in [5.41, 5.74) is 3.89. The lowest BCUT2D eigenvalue weighted by atomic mass is 10.2. The Kier molecular flexibility index (Phi) is 5.17. The van der Waals surface area contributed by atoms with Crippen molar-refractivity contribution in [3.8, 4) is 0 Å². The lowest BCUT2D eigenvalue weighted by molar-refractivity contribution is -0.139. The molecule has 114 valence electrons. The summed E-state index contributed by atoms with van der Waals surface area (Å²) in [7, 11) is 2.02. The average Bonchev–Trinajstić information content (AvgIpc) is 2.46. The van der Waals surface area contributed by atoms with Gasteiger partial charge >= 0.3 is 11.8 Å². The highest BCUT2D eigenvalue weighted by molar-refractivity contribution is 6.40. The summed E-state index contributed by atoms with van der Waals surface area (Å²) in [4.78, 5) is 26.0. The average molecular weight is 311 g/mol. The second-order valence-electron chi connectivity index (χ2n) is 5.10. The molecule has 0 aliphatic carbocycles. The molecule has 1 heterocycles. The second kappa shape index (κ2) is 6.89. The molecule has 1 aromatic rings. The number of rotatable bonds is 2. The van der Waals surface area contributed by atoms with Gasteiger partial charge in [0.1, 0.15) is 0 Å². The topological polar surface area (TPSA) is 64.7 Å². The van der Waals surface area contributed by atoms with E-state index in [-0.39, 0.29) is 0 Å². The Balaban J connectivity index is 1.91. The van der Waals surface area contributed by atoms with Gasteiger partial charge in [0.05, 0.1) is 0 Å². The van der Waals surface area contributed by atoms with Crippen molar-refractivity contribution < 1.29 is 9.59 Å². The molecule has 2 N–H and O–H groups in total. The molecule has 0 radical (unpaired) electrons. The van der Waals surface area contributed by atoms with E-state index in [0.717, 1.165) is 18.7 Å². The summed E-state index contributed by atoms with van der Waals surface area (Å²) in [6.07, 6.45) is 0. The summed E-state index contributed by atoms with van der Waals surface area (Å²) in [6, 6.07) is 5.17. The SMILES string of the molecule is Cc1c(Cl)cccc1NC(=O)C(=O)NN1CCN(C)CC1. The lowest BCUT2D eigenvalue weighted by Gasteiger charge is -2.32. The normalized spacial score (nSPS) is 16.5. The molecule has 1 saturated heterocycles. The molecule has 0 saturated carbocycles. The number of nitrogens with one attached hydrogen (secondary N) is 2. The van der Waals surface area contributed by atoms with E-state index in [1.807, 2.05) is 7.05 Å². The van der Waals surface area contributed by atoms with Crippen LogP contribution in [0.5, 0.6) is 0 Å². The Morgan fingerprint density at radius 3 is 2.48 bits per heavy atom. The van der Waals surface area contributed by atoms with Gasteiger partial charge in [0.2, 0.25) is 0 Å². The third-order valence-corrected chi connectivity index (χ3v) is 3.89. The molecule has 1 aromatic carbocycles. The molecule has 0 unspecified atom stereocenters. The number of piperazine rings is 1. The van der Waals surface area contributed by atoms with E-state index in [2.05, 4.69) is 15.6 Å². The van der Waals surface area contributed by atoms with Crippen molar-refractivity contribution in [3.63, 3.8) is 0 Å². The molecule has 1 aliphatic heterocycles. The van der Waals surface area contributed by atoms with Crippen LogP contribution in [-0.4, -0.2) is 54.9 Å². The minimum Gasteiger partial charge on any atom is -0.317 e. The Hall–Kier alpha value is -1.63. The van der Waals surface area contributed by atoms with Gasteiger partial charge in [0.25, 0.3) is 0 Å². The number of carbonyl (C=O) groups excluding carboxylic acids is 2. The molecule has 6 nitrogen and oxygen atoms in total. The summed E-state index contributed by atoms with van der Waals surface area (Å²) in [5, 5.41) is 4.88. The largest absolute Gasteiger partial charge is 0.323 e. The van der Waals surface area contributed by atoms with Gasteiger partial charge in [-0.25, -0.2) is 5.01 Å². The van der Waals surface area contributed by atoms with Crippen LogP contribution in [0.2, 0.25) is 5.02 Å². The van der Waals surface area contributed by atoms with Crippen LogP contribution in [0.15, 0.2) is 18.2 Å². The first-order chi connectivity index (χ1) is 9.97. The smallest absolute Gasteiger partial charge is 0.317 e. The molecule has 0 aromatic heterocycles. The molecule has 1 aliphatic rings. The predicted octanol–water partition coefficient (Wildman–Crippen LogP) is 0.866. The number of hydrogen-bond acceptors (Lipinski definition) is 4. The Morgan fingerprint density at radius 2 is 1.81 bits per heavy atom. The van der Waals surface area contributed by atoms with Crippen LogP contribution in [0.4, 0.5) is 5.69 Å². The van der Waals surface area contributed by atoms with E-state index in [1.165, 1.54) is 0 Å². The lowest BCUT2D eigenvalue weighted by Crippen LogP contribution is -2.54.